The third kappa shape index (κ3) is 3.23. The molecule has 0 heterocycles. The molecular formula is C16H13FO3. The normalized spacial score (nSPS) is 10.7. The molecule has 102 valence electrons. The topological polar surface area (TPSA) is 46.5 Å². The number of benzene rings is 2. The number of carbonyl (C=O) groups excluding carboxylic acids is 1. The van der Waals surface area contributed by atoms with Crippen molar-refractivity contribution in [2.24, 2.45) is 0 Å². The van der Waals surface area contributed by atoms with Crippen LogP contribution in [-0.4, -0.2) is 18.0 Å². The quantitative estimate of drug-likeness (QED) is 0.685. The summed E-state index contributed by atoms with van der Waals surface area (Å²) in [6.45, 7) is 0. The van der Waals surface area contributed by atoms with E-state index in [1.165, 1.54) is 37.5 Å². The highest BCUT2D eigenvalue weighted by Crippen LogP contribution is 2.21. The molecule has 0 saturated carbocycles. The van der Waals surface area contributed by atoms with E-state index in [1.54, 1.807) is 18.2 Å². The fraction of sp³-hybridized carbons (Fsp3) is 0.0625. The van der Waals surface area contributed by atoms with Gasteiger partial charge in [0.25, 0.3) is 0 Å². The average molecular weight is 272 g/mol. The van der Waals surface area contributed by atoms with Crippen LogP contribution in [0, 0.1) is 5.82 Å². The van der Waals surface area contributed by atoms with Crippen molar-refractivity contribution in [3.05, 3.63) is 65.5 Å². The zero-order chi connectivity index (χ0) is 14.5. The lowest BCUT2D eigenvalue weighted by Gasteiger charge is -2.05. The number of hydrogen-bond acceptors (Lipinski definition) is 3. The van der Waals surface area contributed by atoms with Gasteiger partial charge in [0.1, 0.15) is 17.3 Å². The van der Waals surface area contributed by atoms with Crippen LogP contribution in [0.25, 0.3) is 6.08 Å². The maximum absolute atomic E-state index is 13.2. The van der Waals surface area contributed by atoms with Gasteiger partial charge in [-0.3, -0.25) is 4.79 Å². The number of carbonyl (C=O) groups is 1. The maximum Gasteiger partial charge on any atom is 0.189 e. The number of phenolic OH excluding ortho intramolecular Hbond substituents is 1. The van der Waals surface area contributed by atoms with Crippen LogP contribution in [-0.2, 0) is 0 Å². The molecule has 4 heteroatoms. The Morgan fingerprint density at radius 2 is 2.05 bits per heavy atom. The highest BCUT2D eigenvalue weighted by molar-refractivity contribution is 6.08. The molecule has 0 saturated heterocycles. The summed E-state index contributed by atoms with van der Waals surface area (Å²) in [5.41, 5.74) is 0.831. The number of ether oxygens (including phenoxy) is 1. The highest BCUT2D eigenvalue weighted by Gasteiger charge is 2.10. The van der Waals surface area contributed by atoms with Crippen LogP contribution in [0.3, 0.4) is 0 Å². The van der Waals surface area contributed by atoms with Gasteiger partial charge in [-0.2, -0.15) is 0 Å². The van der Waals surface area contributed by atoms with E-state index in [0.29, 0.717) is 11.3 Å². The van der Waals surface area contributed by atoms with Crippen molar-refractivity contribution in [3.63, 3.8) is 0 Å². The predicted octanol–water partition coefficient (Wildman–Crippen LogP) is 3.44. The van der Waals surface area contributed by atoms with E-state index >= 15 is 0 Å². The van der Waals surface area contributed by atoms with Crippen LogP contribution >= 0.6 is 0 Å². The van der Waals surface area contributed by atoms with Gasteiger partial charge in [-0.25, -0.2) is 4.39 Å². The second-order valence-corrected chi connectivity index (χ2v) is 4.14. The van der Waals surface area contributed by atoms with Crippen LogP contribution in [0.1, 0.15) is 15.9 Å². The zero-order valence-corrected chi connectivity index (χ0v) is 10.8. The van der Waals surface area contributed by atoms with Crippen molar-refractivity contribution < 1.29 is 19.0 Å². The Morgan fingerprint density at radius 1 is 1.25 bits per heavy atom. The Balaban J connectivity index is 2.26. The van der Waals surface area contributed by atoms with Gasteiger partial charge in [0.2, 0.25) is 0 Å². The Labute approximate surface area is 115 Å². The molecule has 20 heavy (non-hydrogen) atoms. The lowest BCUT2D eigenvalue weighted by molar-refractivity contribution is 0.104. The second-order valence-electron chi connectivity index (χ2n) is 4.14. The molecule has 3 nitrogen and oxygen atoms in total. The summed E-state index contributed by atoms with van der Waals surface area (Å²) in [6, 6.07) is 10.2. The summed E-state index contributed by atoms with van der Waals surface area (Å²) in [7, 11) is 1.42. The summed E-state index contributed by atoms with van der Waals surface area (Å²) < 4.78 is 18.2. The van der Waals surface area contributed by atoms with E-state index in [-0.39, 0.29) is 17.1 Å². The molecule has 0 aliphatic carbocycles. The van der Waals surface area contributed by atoms with Crippen LogP contribution in [0.4, 0.5) is 4.39 Å². The van der Waals surface area contributed by atoms with Gasteiger partial charge in [0, 0.05) is 0 Å². The average Bonchev–Trinajstić information content (AvgIpc) is 2.45. The van der Waals surface area contributed by atoms with Gasteiger partial charge in [-0.15, -0.1) is 0 Å². The SMILES string of the molecule is COc1ccc(F)cc1C(=O)/C=C/c1cccc(O)c1. The zero-order valence-electron chi connectivity index (χ0n) is 10.8. The summed E-state index contributed by atoms with van der Waals surface area (Å²) in [6.07, 6.45) is 2.86. The summed E-state index contributed by atoms with van der Waals surface area (Å²) in [5.74, 6) is -0.440. The number of ketones is 1. The van der Waals surface area contributed by atoms with Gasteiger partial charge < -0.3 is 9.84 Å². The molecular weight excluding hydrogens is 259 g/mol. The molecule has 1 N–H and O–H groups in total. The van der Waals surface area contributed by atoms with Crippen LogP contribution in [0.15, 0.2) is 48.5 Å². The highest BCUT2D eigenvalue weighted by atomic mass is 19.1. The fourth-order valence-corrected chi connectivity index (χ4v) is 1.76. The molecule has 2 aromatic rings. The Hall–Kier alpha value is -2.62. The molecule has 0 unspecified atom stereocenters. The first-order chi connectivity index (χ1) is 9.60. The molecule has 0 aromatic heterocycles. The summed E-state index contributed by atoms with van der Waals surface area (Å²) in [5, 5.41) is 9.33. The van der Waals surface area contributed by atoms with Gasteiger partial charge >= 0.3 is 0 Å². The predicted molar refractivity (Wildman–Crippen MR) is 74.4 cm³/mol. The molecule has 0 atom stereocenters. The monoisotopic (exact) mass is 272 g/mol. The molecule has 0 amide bonds. The molecule has 0 fully saturated rings. The van der Waals surface area contributed by atoms with E-state index in [2.05, 4.69) is 0 Å². The van der Waals surface area contributed by atoms with Crippen molar-refractivity contribution >= 4 is 11.9 Å². The number of rotatable bonds is 4. The van der Waals surface area contributed by atoms with Gasteiger partial charge in [-0.05, 0) is 42.0 Å². The Kier molecular flexibility index (Phi) is 4.15. The van der Waals surface area contributed by atoms with Crippen LogP contribution < -0.4 is 4.74 Å². The molecule has 2 aromatic carbocycles. The van der Waals surface area contributed by atoms with Gasteiger partial charge in [-0.1, -0.05) is 18.2 Å². The number of phenols is 1. The van der Waals surface area contributed by atoms with E-state index in [1.807, 2.05) is 0 Å². The van der Waals surface area contributed by atoms with Crippen molar-refractivity contribution in [1.82, 2.24) is 0 Å². The first kappa shape index (κ1) is 13.8. The van der Waals surface area contributed by atoms with E-state index in [4.69, 9.17) is 4.74 Å². The number of methoxy groups -OCH3 is 1. The number of aromatic hydroxyl groups is 1. The third-order valence-electron chi connectivity index (χ3n) is 2.72. The summed E-state index contributed by atoms with van der Waals surface area (Å²) >= 11 is 0. The number of hydrogen-bond donors (Lipinski definition) is 1. The minimum Gasteiger partial charge on any atom is -0.508 e. The number of halogens is 1. The maximum atomic E-state index is 13.2. The standard InChI is InChI=1S/C16H13FO3/c1-20-16-8-6-12(17)10-14(16)15(19)7-5-11-3-2-4-13(18)9-11/h2-10,18H,1H3/b7-5+. The third-order valence-corrected chi connectivity index (χ3v) is 2.72. The second kappa shape index (κ2) is 6.02. The van der Waals surface area contributed by atoms with E-state index in [0.717, 1.165) is 6.07 Å². The van der Waals surface area contributed by atoms with Crippen molar-refractivity contribution in [2.75, 3.05) is 7.11 Å². The summed E-state index contributed by atoms with van der Waals surface area (Å²) in [4.78, 5) is 12.0. The molecule has 0 aliphatic rings. The van der Waals surface area contributed by atoms with Gasteiger partial charge in [0.15, 0.2) is 5.78 Å². The van der Waals surface area contributed by atoms with Gasteiger partial charge in [0.05, 0.1) is 12.7 Å². The van der Waals surface area contributed by atoms with Crippen molar-refractivity contribution in [3.8, 4) is 11.5 Å². The smallest absolute Gasteiger partial charge is 0.189 e. The van der Waals surface area contributed by atoms with Crippen molar-refractivity contribution in [1.29, 1.82) is 0 Å². The molecule has 0 spiro atoms. The van der Waals surface area contributed by atoms with E-state index < -0.39 is 5.82 Å². The van der Waals surface area contributed by atoms with Crippen LogP contribution in [0.5, 0.6) is 11.5 Å². The Morgan fingerprint density at radius 3 is 2.75 bits per heavy atom. The lowest BCUT2D eigenvalue weighted by atomic mass is 10.1. The molecule has 0 bridgehead atoms. The first-order valence-electron chi connectivity index (χ1n) is 5.95. The molecule has 0 aliphatic heterocycles. The molecule has 2 rings (SSSR count). The lowest BCUT2D eigenvalue weighted by Crippen LogP contribution is -1.99. The minimum absolute atomic E-state index is 0.114. The number of allylic oxidation sites excluding steroid dienone is 1. The van der Waals surface area contributed by atoms with E-state index in [9.17, 15) is 14.3 Å². The molecule has 0 radical (unpaired) electrons. The fourth-order valence-electron chi connectivity index (χ4n) is 1.76. The Bertz CT molecular complexity index is 663. The largest absolute Gasteiger partial charge is 0.508 e. The minimum atomic E-state index is -0.500. The first-order valence-corrected chi connectivity index (χ1v) is 5.95. The van der Waals surface area contributed by atoms with Crippen molar-refractivity contribution in [2.45, 2.75) is 0 Å². The van der Waals surface area contributed by atoms with Crippen LogP contribution in [0.2, 0.25) is 0 Å².